The van der Waals surface area contributed by atoms with Crippen molar-refractivity contribution in [2.45, 2.75) is 32.1 Å². The second-order valence-electron chi connectivity index (χ2n) is 7.91. The standard InChI is InChI=1S/C24H23N3O3/c28-23(15-30-24(29)18-11-12-20-19(13-18)14-25-26-20)27-21-7-3-1-5-16(21)9-10-17-6-2-4-8-22(17)27/h1-8,14,18H,9-13,15H2,(H,25,26). The van der Waals surface area contributed by atoms with E-state index in [9.17, 15) is 9.59 Å². The Balaban J connectivity index is 1.34. The number of benzene rings is 2. The minimum absolute atomic E-state index is 0.230. The first-order valence-corrected chi connectivity index (χ1v) is 10.4. The number of fused-ring (bicyclic) bond motifs is 3. The highest BCUT2D eigenvalue weighted by Gasteiger charge is 2.30. The number of H-pyrrole nitrogens is 1. The molecule has 0 saturated carbocycles. The third-order valence-electron chi connectivity index (χ3n) is 6.07. The predicted octanol–water partition coefficient (Wildman–Crippen LogP) is 3.52. The lowest BCUT2D eigenvalue weighted by molar-refractivity contribution is -0.152. The molecule has 30 heavy (non-hydrogen) atoms. The average Bonchev–Trinajstić information content (AvgIpc) is 3.18. The van der Waals surface area contributed by atoms with Crippen LogP contribution in [0.3, 0.4) is 0 Å². The van der Waals surface area contributed by atoms with Gasteiger partial charge in [-0.25, -0.2) is 0 Å². The number of hydrogen-bond acceptors (Lipinski definition) is 4. The van der Waals surface area contributed by atoms with Crippen LogP contribution in [0.25, 0.3) is 0 Å². The van der Waals surface area contributed by atoms with Gasteiger partial charge in [0.25, 0.3) is 5.91 Å². The van der Waals surface area contributed by atoms with Gasteiger partial charge in [0, 0.05) is 5.69 Å². The molecule has 6 nitrogen and oxygen atoms in total. The van der Waals surface area contributed by atoms with Crippen LogP contribution in [0.15, 0.2) is 54.7 Å². The molecule has 1 unspecified atom stereocenters. The van der Waals surface area contributed by atoms with Crippen molar-refractivity contribution in [3.05, 3.63) is 77.1 Å². The number of hydrogen-bond donors (Lipinski definition) is 1. The first-order valence-electron chi connectivity index (χ1n) is 10.4. The van der Waals surface area contributed by atoms with Crippen molar-refractivity contribution in [2.75, 3.05) is 11.5 Å². The summed E-state index contributed by atoms with van der Waals surface area (Å²) in [5.74, 6) is -0.775. The summed E-state index contributed by atoms with van der Waals surface area (Å²) >= 11 is 0. The van der Waals surface area contributed by atoms with Crippen LogP contribution in [0.1, 0.15) is 28.8 Å². The van der Waals surface area contributed by atoms with Gasteiger partial charge in [-0.2, -0.15) is 5.10 Å². The second kappa shape index (κ2) is 7.78. The van der Waals surface area contributed by atoms with Crippen LogP contribution in [0.5, 0.6) is 0 Å². The fourth-order valence-corrected chi connectivity index (χ4v) is 4.48. The van der Waals surface area contributed by atoms with Crippen molar-refractivity contribution >= 4 is 23.3 Å². The third-order valence-corrected chi connectivity index (χ3v) is 6.07. The topological polar surface area (TPSA) is 75.3 Å². The van der Waals surface area contributed by atoms with Gasteiger partial charge in [-0.3, -0.25) is 19.6 Å². The molecule has 1 amide bonds. The van der Waals surface area contributed by atoms with E-state index in [1.165, 1.54) is 0 Å². The Kier molecular flexibility index (Phi) is 4.83. The number of nitrogens with one attached hydrogen (secondary N) is 1. The second-order valence-corrected chi connectivity index (χ2v) is 7.91. The van der Waals surface area contributed by atoms with E-state index >= 15 is 0 Å². The summed E-state index contributed by atoms with van der Waals surface area (Å²) in [7, 11) is 0. The predicted molar refractivity (Wildman–Crippen MR) is 112 cm³/mol. The molecule has 2 aromatic carbocycles. The number of amides is 1. The van der Waals surface area contributed by atoms with Crippen LogP contribution < -0.4 is 4.90 Å². The van der Waals surface area contributed by atoms with Crippen LogP contribution in [0, 0.1) is 5.92 Å². The van der Waals surface area contributed by atoms with E-state index in [2.05, 4.69) is 22.3 Å². The minimum Gasteiger partial charge on any atom is -0.455 e. The molecule has 0 saturated heterocycles. The molecule has 1 atom stereocenters. The number of esters is 1. The number of aromatic amines is 1. The van der Waals surface area contributed by atoms with Gasteiger partial charge in [-0.05, 0) is 60.9 Å². The Hall–Kier alpha value is -3.41. The van der Waals surface area contributed by atoms with Crippen LogP contribution in [0.4, 0.5) is 11.4 Å². The van der Waals surface area contributed by atoms with Gasteiger partial charge >= 0.3 is 5.97 Å². The summed E-state index contributed by atoms with van der Waals surface area (Å²) in [5.41, 5.74) is 6.12. The summed E-state index contributed by atoms with van der Waals surface area (Å²) in [6, 6.07) is 15.9. The summed E-state index contributed by atoms with van der Waals surface area (Å²) in [6.45, 7) is -0.268. The number of nitrogens with zero attached hydrogens (tertiary/aromatic N) is 2. The largest absolute Gasteiger partial charge is 0.455 e. The summed E-state index contributed by atoms with van der Waals surface area (Å²) < 4.78 is 5.50. The fourth-order valence-electron chi connectivity index (χ4n) is 4.48. The van der Waals surface area contributed by atoms with Gasteiger partial charge in [0.2, 0.25) is 0 Å². The van der Waals surface area contributed by atoms with Gasteiger partial charge in [0.15, 0.2) is 6.61 Å². The van der Waals surface area contributed by atoms with E-state index in [-0.39, 0.29) is 24.4 Å². The van der Waals surface area contributed by atoms with E-state index in [0.717, 1.165) is 53.0 Å². The zero-order chi connectivity index (χ0) is 20.5. The number of carbonyl (C=O) groups excluding carboxylic acids is 2. The SMILES string of the molecule is O=C(OCC(=O)N1c2ccccc2CCc2ccccc21)C1CCc2[nH]ncc2C1. The molecule has 0 fully saturated rings. The molecular weight excluding hydrogens is 378 g/mol. The molecule has 3 aromatic rings. The lowest BCUT2D eigenvalue weighted by Crippen LogP contribution is -2.33. The van der Waals surface area contributed by atoms with Gasteiger partial charge in [-0.1, -0.05) is 36.4 Å². The van der Waals surface area contributed by atoms with Crippen molar-refractivity contribution in [2.24, 2.45) is 5.92 Å². The Labute approximate surface area is 174 Å². The Morgan fingerprint density at radius 1 is 0.967 bits per heavy atom. The molecule has 1 aromatic heterocycles. The van der Waals surface area contributed by atoms with Crippen molar-refractivity contribution in [1.29, 1.82) is 0 Å². The molecule has 5 rings (SSSR count). The molecule has 152 valence electrons. The van der Waals surface area contributed by atoms with Gasteiger partial charge in [0.05, 0.1) is 23.5 Å². The van der Waals surface area contributed by atoms with Crippen molar-refractivity contribution in [1.82, 2.24) is 10.2 Å². The number of ether oxygens (including phenoxy) is 1. The molecule has 0 spiro atoms. The quantitative estimate of drug-likeness (QED) is 0.682. The van der Waals surface area contributed by atoms with Gasteiger partial charge < -0.3 is 4.74 Å². The highest BCUT2D eigenvalue weighted by atomic mass is 16.5. The lowest BCUT2D eigenvalue weighted by atomic mass is 9.88. The highest BCUT2D eigenvalue weighted by molar-refractivity contribution is 6.03. The molecule has 2 aliphatic rings. The Morgan fingerprint density at radius 3 is 2.33 bits per heavy atom. The molecule has 1 aliphatic carbocycles. The monoisotopic (exact) mass is 401 g/mol. The molecule has 1 N–H and O–H groups in total. The van der Waals surface area contributed by atoms with Crippen molar-refractivity contribution in [3.8, 4) is 0 Å². The number of carbonyl (C=O) groups is 2. The number of rotatable bonds is 3. The molecule has 2 heterocycles. The van der Waals surface area contributed by atoms with E-state index in [1.807, 2.05) is 36.4 Å². The maximum Gasteiger partial charge on any atom is 0.309 e. The van der Waals surface area contributed by atoms with E-state index in [4.69, 9.17) is 4.74 Å². The molecular formula is C24H23N3O3. The molecule has 0 radical (unpaired) electrons. The summed E-state index contributed by atoms with van der Waals surface area (Å²) in [6.07, 6.45) is 5.59. The fraction of sp³-hybridized carbons (Fsp3) is 0.292. The molecule has 0 bridgehead atoms. The summed E-state index contributed by atoms with van der Waals surface area (Å²) in [5, 5.41) is 7.02. The van der Waals surface area contributed by atoms with E-state index in [0.29, 0.717) is 12.8 Å². The van der Waals surface area contributed by atoms with Crippen LogP contribution in [-0.4, -0.2) is 28.7 Å². The first-order chi connectivity index (χ1) is 14.7. The van der Waals surface area contributed by atoms with Gasteiger partial charge in [0.1, 0.15) is 0 Å². The summed E-state index contributed by atoms with van der Waals surface area (Å²) in [4.78, 5) is 27.6. The van der Waals surface area contributed by atoms with Crippen LogP contribution in [0.2, 0.25) is 0 Å². The number of anilines is 2. The zero-order valence-electron chi connectivity index (χ0n) is 16.6. The van der Waals surface area contributed by atoms with E-state index in [1.54, 1.807) is 11.1 Å². The number of aryl methyl sites for hydroxylation is 3. The molecule has 1 aliphatic heterocycles. The normalized spacial score (nSPS) is 17.3. The first kappa shape index (κ1) is 18.6. The van der Waals surface area contributed by atoms with Crippen molar-refractivity contribution < 1.29 is 14.3 Å². The minimum atomic E-state index is -0.313. The maximum absolute atomic E-state index is 13.3. The zero-order valence-corrected chi connectivity index (χ0v) is 16.6. The van der Waals surface area contributed by atoms with Crippen LogP contribution in [-0.2, 0) is 40.0 Å². The van der Waals surface area contributed by atoms with Gasteiger partial charge in [-0.15, -0.1) is 0 Å². The van der Waals surface area contributed by atoms with E-state index < -0.39 is 0 Å². The number of aromatic nitrogens is 2. The maximum atomic E-state index is 13.3. The number of para-hydroxylation sites is 2. The Morgan fingerprint density at radius 2 is 1.63 bits per heavy atom. The lowest BCUT2D eigenvalue weighted by Gasteiger charge is -2.25. The molecule has 6 heteroatoms. The van der Waals surface area contributed by atoms with Crippen LogP contribution >= 0.6 is 0 Å². The smallest absolute Gasteiger partial charge is 0.309 e. The van der Waals surface area contributed by atoms with Crippen molar-refractivity contribution in [3.63, 3.8) is 0 Å². The third kappa shape index (κ3) is 3.38. The average molecular weight is 401 g/mol. The Bertz CT molecular complexity index is 1060. The highest BCUT2D eigenvalue weighted by Crippen LogP contribution is 2.36.